The van der Waals surface area contributed by atoms with E-state index in [0.717, 1.165) is 15.7 Å². The summed E-state index contributed by atoms with van der Waals surface area (Å²) in [5, 5.41) is 3.44. The van der Waals surface area contributed by atoms with Crippen LogP contribution >= 0.6 is 34.2 Å². The van der Waals surface area contributed by atoms with E-state index in [-0.39, 0.29) is 22.7 Å². The van der Waals surface area contributed by atoms with Crippen LogP contribution in [0.4, 0.5) is 8.78 Å². The summed E-state index contributed by atoms with van der Waals surface area (Å²) >= 11 is 7.93. The molecule has 0 heterocycles. The number of likely N-dealkylation sites (N-methyl/N-ethyl adjacent to an activating group) is 1. The normalized spacial score (nSPS) is 12.4. The summed E-state index contributed by atoms with van der Waals surface area (Å²) in [7, 11) is 0. The van der Waals surface area contributed by atoms with Crippen LogP contribution in [0.2, 0.25) is 5.02 Å². The average Bonchev–Trinajstić information content (AvgIpc) is 2.43. The molecule has 0 aliphatic carbocycles. The number of hydrogen-bond donors (Lipinski definition) is 1. The number of hydrogen-bond acceptors (Lipinski definition) is 1. The smallest absolute Gasteiger partial charge is 0.145 e. The van der Waals surface area contributed by atoms with Crippen molar-refractivity contribution in [2.75, 3.05) is 6.54 Å². The first-order valence-corrected chi connectivity index (χ1v) is 8.09. The fraction of sp³-hybridized carbons (Fsp3) is 0.250. The SMILES string of the molecule is CCNC(Cc1cccc(Cl)c1F)c1ccc(F)cc1I. The molecule has 1 nitrogen and oxygen atoms in total. The van der Waals surface area contributed by atoms with Crippen LogP contribution in [0.25, 0.3) is 0 Å². The van der Waals surface area contributed by atoms with Crippen molar-refractivity contribution >= 4 is 34.2 Å². The van der Waals surface area contributed by atoms with Crippen LogP contribution in [0.15, 0.2) is 36.4 Å². The lowest BCUT2D eigenvalue weighted by Crippen LogP contribution is -2.24. The van der Waals surface area contributed by atoms with E-state index in [2.05, 4.69) is 27.9 Å². The highest BCUT2D eigenvalue weighted by Gasteiger charge is 2.17. The molecule has 1 N–H and O–H groups in total. The zero-order chi connectivity index (χ0) is 15.4. The van der Waals surface area contributed by atoms with E-state index in [4.69, 9.17) is 11.6 Å². The summed E-state index contributed by atoms with van der Waals surface area (Å²) in [6.07, 6.45) is 0.460. The van der Waals surface area contributed by atoms with Gasteiger partial charge in [0, 0.05) is 9.61 Å². The minimum Gasteiger partial charge on any atom is -0.310 e. The van der Waals surface area contributed by atoms with Crippen LogP contribution in [-0.2, 0) is 6.42 Å². The lowest BCUT2D eigenvalue weighted by atomic mass is 9.98. The van der Waals surface area contributed by atoms with Crippen molar-refractivity contribution in [2.45, 2.75) is 19.4 Å². The van der Waals surface area contributed by atoms with Gasteiger partial charge in [0.25, 0.3) is 0 Å². The van der Waals surface area contributed by atoms with Gasteiger partial charge >= 0.3 is 0 Å². The Morgan fingerprint density at radius 2 is 2.00 bits per heavy atom. The highest BCUT2D eigenvalue weighted by Crippen LogP contribution is 2.27. The van der Waals surface area contributed by atoms with Crippen LogP contribution in [-0.4, -0.2) is 6.54 Å². The average molecular weight is 422 g/mol. The summed E-state index contributed by atoms with van der Waals surface area (Å²) < 4.78 is 28.1. The fourth-order valence-corrected chi connectivity index (χ4v) is 3.30. The Morgan fingerprint density at radius 3 is 2.67 bits per heavy atom. The second-order valence-electron chi connectivity index (χ2n) is 4.69. The quantitative estimate of drug-likeness (QED) is 0.661. The molecule has 0 amide bonds. The van der Waals surface area contributed by atoms with Crippen molar-refractivity contribution in [3.63, 3.8) is 0 Å². The van der Waals surface area contributed by atoms with E-state index in [9.17, 15) is 8.78 Å². The van der Waals surface area contributed by atoms with Crippen molar-refractivity contribution in [3.8, 4) is 0 Å². The van der Waals surface area contributed by atoms with Crippen LogP contribution < -0.4 is 5.32 Å². The van der Waals surface area contributed by atoms with Gasteiger partial charge in [0.1, 0.15) is 11.6 Å². The van der Waals surface area contributed by atoms with Gasteiger partial charge in [-0.15, -0.1) is 0 Å². The van der Waals surface area contributed by atoms with E-state index in [1.807, 2.05) is 6.92 Å². The first kappa shape index (κ1) is 16.6. The Bertz CT molecular complexity index is 634. The van der Waals surface area contributed by atoms with Gasteiger partial charge in [-0.25, -0.2) is 8.78 Å². The number of halogens is 4. The minimum absolute atomic E-state index is 0.0875. The van der Waals surface area contributed by atoms with Crippen molar-refractivity contribution in [3.05, 3.63) is 67.8 Å². The standard InChI is InChI=1S/C16H15ClF2IN/c1-2-21-15(12-7-6-11(18)9-14(12)20)8-10-4-3-5-13(17)16(10)19/h3-7,9,15,21H,2,8H2,1H3. The van der Waals surface area contributed by atoms with E-state index >= 15 is 0 Å². The Balaban J connectivity index is 2.33. The van der Waals surface area contributed by atoms with Crippen molar-refractivity contribution in [1.82, 2.24) is 5.32 Å². The maximum absolute atomic E-state index is 14.1. The van der Waals surface area contributed by atoms with E-state index in [1.165, 1.54) is 18.2 Å². The van der Waals surface area contributed by atoms with Gasteiger partial charge in [-0.2, -0.15) is 0 Å². The fourth-order valence-electron chi connectivity index (χ4n) is 2.25. The molecular weight excluding hydrogens is 407 g/mol. The highest BCUT2D eigenvalue weighted by molar-refractivity contribution is 14.1. The van der Waals surface area contributed by atoms with Gasteiger partial charge in [-0.05, 0) is 64.9 Å². The van der Waals surface area contributed by atoms with E-state index in [0.29, 0.717) is 12.0 Å². The van der Waals surface area contributed by atoms with Crippen LogP contribution in [0.3, 0.4) is 0 Å². The Labute approximate surface area is 141 Å². The third-order valence-electron chi connectivity index (χ3n) is 3.24. The lowest BCUT2D eigenvalue weighted by molar-refractivity contribution is 0.525. The third kappa shape index (κ3) is 4.14. The molecular formula is C16H15ClF2IN. The van der Waals surface area contributed by atoms with Crippen molar-refractivity contribution in [1.29, 1.82) is 0 Å². The molecule has 1 unspecified atom stereocenters. The maximum Gasteiger partial charge on any atom is 0.145 e. The summed E-state index contributed by atoms with van der Waals surface area (Å²) in [6.45, 7) is 2.72. The third-order valence-corrected chi connectivity index (χ3v) is 4.47. The van der Waals surface area contributed by atoms with Crippen molar-refractivity contribution < 1.29 is 8.78 Å². The molecule has 0 saturated heterocycles. The molecule has 2 rings (SSSR count). The molecule has 0 radical (unpaired) electrons. The van der Waals surface area contributed by atoms with Crippen LogP contribution in [0.1, 0.15) is 24.1 Å². The predicted octanol–water partition coefficient (Wildman–Crippen LogP) is 5.12. The Kier molecular flexibility index (Phi) is 5.96. The molecule has 2 aromatic carbocycles. The van der Waals surface area contributed by atoms with E-state index < -0.39 is 0 Å². The zero-order valence-electron chi connectivity index (χ0n) is 11.5. The number of rotatable bonds is 5. The summed E-state index contributed by atoms with van der Waals surface area (Å²) in [4.78, 5) is 0. The van der Waals surface area contributed by atoms with Crippen LogP contribution in [0.5, 0.6) is 0 Å². The van der Waals surface area contributed by atoms with Gasteiger partial charge in [-0.1, -0.05) is 36.7 Å². The topological polar surface area (TPSA) is 12.0 Å². The molecule has 5 heteroatoms. The van der Waals surface area contributed by atoms with Gasteiger partial charge in [0.15, 0.2) is 0 Å². The largest absolute Gasteiger partial charge is 0.310 e. The monoisotopic (exact) mass is 421 g/mol. The Hall–Kier alpha value is -0.720. The van der Waals surface area contributed by atoms with Gasteiger partial charge in [0.05, 0.1) is 5.02 Å². The van der Waals surface area contributed by atoms with Gasteiger partial charge in [-0.3, -0.25) is 0 Å². The Morgan fingerprint density at radius 1 is 1.24 bits per heavy atom. The minimum atomic E-state index is -0.390. The molecule has 21 heavy (non-hydrogen) atoms. The zero-order valence-corrected chi connectivity index (χ0v) is 14.4. The van der Waals surface area contributed by atoms with E-state index in [1.54, 1.807) is 18.2 Å². The van der Waals surface area contributed by atoms with Gasteiger partial charge in [0.2, 0.25) is 0 Å². The molecule has 0 aromatic heterocycles. The molecule has 112 valence electrons. The molecule has 0 fully saturated rings. The first-order valence-electron chi connectivity index (χ1n) is 6.64. The summed E-state index contributed by atoms with van der Waals surface area (Å²) in [6, 6.07) is 9.55. The number of nitrogens with one attached hydrogen (secondary N) is 1. The molecule has 0 aliphatic heterocycles. The van der Waals surface area contributed by atoms with Gasteiger partial charge < -0.3 is 5.32 Å². The van der Waals surface area contributed by atoms with Crippen LogP contribution in [0, 0.1) is 15.2 Å². The van der Waals surface area contributed by atoms with Crippen molar-refractivity contribution in [2.24, 2.45) is 0 Å². The second kappa shape index (κ2) is 7.51. The molecule has 0 aliphatic rings. The lowest BCUT2D eigenvalue weighted by Gasteiger charge is -2.20. The second-order valence-corrected chi connectivity index (χ2v) is 6.26. The molecule has 1 atom stereocenters. The maximum atomic E-state index is 14.1. The molecule has 0 bridgehead atoms. The summed E-state index contributed by atoms with van der Waals surface area (Å²) in [5.41, 5.74) is 1.51. The molecule has 0 spiro atoms. The first-order chi connectivity index (χ1) is 10.0. The molecule has 0 saturated carbocycles. The number of benzene rings is 2. The summed E-state index contributed by atoms with van der Waals surface area (Å²) in [5.74, 6) is -0.661. The molecule has 2 aromatic rings. The highest BCUT2D eigenvalue weighted by atomic mass is 127. The predicted molar refractivity (Wildman–Crippen MR) is 90.6 cm³/mol.